The van der Waals surface area contributed by atoms with Crippen molar-refractivity contribution >= 4 is 15.9 Å². The molecule has 0 fully saturated rings. The van der Waals surface area contributed by atoms with Gasteiger partial charge in [-0.15, -0.1) is 0 Å². The Hall–Kier alpha value is -0.540. The molecule has 3 heteroatoms. The number of aliphatic hydroxyl groups is 1. The number of hydrogen-bond acceptors (Lipinski definition) is 2. The van der Waals surface area contributed by atoms with Crippen LogP contribution in [-0.2, 0) is 0 Å². The van der Waals surface area contributed by atoms with Gasteiger partial charge in [0.2, 0.25) is 0 Å². The first-order valence-electron chi connectivity index (χ1n) is 7.75. The molecule has 1 N–H and O–H groups in total. The number of aliphatic hydroxyl groups excluding tert-OH is 1. The Morgan fingerprint density at radius 1 is 1.10 bits per heavy atom. The van der Waals surface area contributed by atoms with E-state index in [1.165, 1.54) is 38.5 Å². The van der Waals surface area contributed by atoms with E-state index in [4.69, 9.17) is 4.74 Å². The summed E-state index contributed by atoms with van der Waals surface area (Å²) in [6, 6.07) is 5.78. The Morgan fingerprint density at radius 2 is 1.75 bits per heavy atom. The van der Waals surface area contributed by atoms with E-state index in [1.54, 1.807) is 6.92 Å². The SMILES string of the molecule is CCCCCCCCCOc1cc(Br)ccc1[C@@H](C)O. The highest BCUT2D eigenvalue weighted by atomic mass is 79.9. The average Bonchev–Trinajstić information content (AvgIpc) is 2.41. The summed E-state index contributed by atoms with van der Waals surface area (Å²) in [5, 5.41) is 9.72. The van der Waals surface area contributed by atoms with Crippen LogP contribution < -0.4 is 4.74 Å². The van der Waals surface area contributed by atoms with Crippen molar-refractivity contribution < 1.29 is 9.84 Å². The van der Waals surface area contributed by atoms with E-state index >= 15 is 0 Å². The van der Waals surface area contributed by atoms with Gasteiger partial charge in [0, 0.05) is 10.0 Å². The molecule has 0 saturated heterocycles. The predicted molar refractivity (Wildman–Crippen MR) is 88.3 cm³/mol. The Kier molecular flexibility index (Phi) is 8.95. The van der Waals surface area contributed by atoms with Gasteiger partial charge in [0.05, 0.1) is 12.7 Å². The Balaban J connectivity index is 2.26. The van der Waals surface area contributed by atoms with Gasteiger partial charge < -0.3 is 9.84 Å². The van der Waals surface area contributed by atoms with Crippen molar-refractivity contribution in [3.05, 3.63) is 28.2 Å². The molecule has 0 heterocycles. The third kappa shape index (κ3) is 6.76. The van der Waals surface area contributed by atoms with Crippen LogP contribution in [0.3, 0.4) is 0 Å². The first kappa shape index (κ1) is 17.5. The predicted octanol–water partition coefficient (Wildman–Crippen LogP) is 5.63. The van der Waals surface area contributed by atoms with Crippen molar-refractivity contribution in [2.75, 3.05) is 6.61 Å². The van der Waals surface area contributed by atoms with E-state index in [0.29, 0.717) is 0 Å². The standard InChI is InChI=1S/C17H27BrO2/c1-3-4-5-6-7-8-9-12-20-17-13-15(18)10-11-16(17)14(2)19/h10-11,13-14,19H,3-9,12H2,1-2H3/t14-/m1/s1. The number of rotatable bonds is 10. The van der Waals surface area contributed by atoms with E-state index in [2.05, 4.69) is 22.9 Å². The summed E-state index contributed by atoms with van der Waals surface area (Å²) in [5.74, 6) is 0.792. The third-order valence-electron chi connectivity index (χ3n) is 3.43. The summed E-state index contributed by atoms with van der Waals surface area (Å²) in [6.07, 6.45) is 8.45. The molecule has 114 valence electrons. The molecule has 0 saturated carbocycles. The summed E-state index contributed by atoms with van der Waals surface area (Å²) >= 11 is 3.44. The number of hydrogen-bond donors (Lipinski definition) is 1. The second-order valence-electron chi connectivity index (χ2n) is 5.33. The van der Waals surface area contributed by atoms with Crippen LogP contribution in [0, 0.1) is 0 Å². The molecule has 0 radical (unpaired) electrons. The lowest BCUT2D eigenvalue weighted by Gasteiger charge is -2.14. The summed E-state index contributed by atoms with van der Waals surface area (Å²) in [5.41, 5.74) is 0.858. The van der Waals surface area contributed by atoms with Crippen molar-refractivity contribution in [3.8, 4) is 5.75 Å². The minimum absolute atomic E-state index is 0.493. The molecule has 0 amide bonds. The third-order valence-corrected chi connectivity index (χ3v) is 3.92. The van der Waals surface area contributed by atoms with Crippen LogP contribution >= 0.6 is 15.9 Å². The highest BCUT2D eigenvalue weighted by Gasteiger charge is 2.09. The van der Waals surface area contributed by atoms with Crippen molar-refractivity contribution in [1.29, 1.82) is 0 Å². The topological polar surface area (TPSA) is 29.5 Å². The van der Waals surface area contributed by atoms with Gasteiger partial charge in [0.25, 0.3) is 0 Å². The quantitative estimate of drug-likeness (QED) is 0.558. The molecule has 1 aromatic carbocycles. The molecule has 20 heavy (non-hydrogen) atoms. The molecule has 1 rings (SSSR count). The number of benzene rings is 1. The van der Waals surface area contributed by atoms with Crippen molar-refractivity contribution in [1.82, 2.24) is 0 Å². The lowest BCUT2D eigenvalue weighted by atomic mass is 10.1. The number of halogens is 1. The van der Waals surface area contributed by atoms with Crippen LogP contribution in [0.4, 0.5) is 0 Å². The molecule has 0 aliphatic heterocycles. The fourth-order valence-corrected chi connectivity index (χ4v) is 2.56. The van der Waals surface area contributed by atoms with Crippen LogP contribution in [0.25, 0.3) is 0 Å². The van der Waals surface area contributed by atoms with Gasteiger partial charge in [0.15, 0.2) is 0 Å². The fraction of sp³-hybridized carbons (Fsp3) is 0.647. The average molecular weight is 343 g/mol. The van der Waals surface area contributed by atoms with E-state index in [-0.39, 0.29) is 0 Å². The van der Waals surface area contributed by atoms with E-state index < -0.39 is 6.10 Å². The first-order valence-corrected chi connectivity index (χ1v) is 8.54. The van der Waals surface area contributed by atoms with Crippen molar-refractivity contribution in [2.45, 2.75) is 64.9 Å². The minimum atomic E-state index is -0.493. The van der Waals surface area contributed by atoms with Gasteiger partial charge in [-0.2, -0.15) is 0 Å². The largest absolute Gasteiger partial charge is 0.493 e. The van der Waals surface area contributed by atoms with E-state index in [0.717, 1.165) is 28.8 Å². The number of ether oxygens (including phenoxy) is 1. The van der Waals surface area contributed by atoms with Gasteiger partial charge in [-0.3, -0.25) is 0 Å². The van der Waals surface area contributed by atoms with Crippen molar-refractivity contribution in [2.24, 2.45) is 0 Å². The lowest BCUT2D eigenvalue weighted by molar-refractivity contribution is 0.190. The second kappa shape index (κ2) is 10.2. The lowest BCUT2D eigenvalue weighted by Crippen LogP contribution is -2.02. The molecular formula is C17H27BrO2. The van der Waals surface area contributed by atoms with E-state index in [9.17, 15) is 5.11 Å². The van der Waals surface area contributed by atoms with Gasteiger partial charge in [-0.05, 0) is 25.5 Å². The highest BCUT2D eigenvalue weighted by molar-refractivity contribution is 9.10. The maximum atomic E-state index is 9.72. The van der Waals surface area contributed by atoms with Crippen molar-refractivity contribution in [3.63, 3.8) is 0 Å². The van der Waals surface area contributed by atoms with Crippen LogP contribution in [0.5, 0.6) is 5.75 Å². The fourth-order valence-electron chi connectivity index (χ4n) is 2.22. The monoisotopic (exact) mass is 342 g/mol. The maximum Gasteiger partial charge on any atom is 0.126 e. The smallest absolute Gasteiger partial charge is 0.126 e. The first-order chi connectivity index (χ1) is 9.65. The molecule has 1 atom stereocenters. The van der Waals surface area contributed by atoms with Gasteiger partial charge in [-0.1, -0.05) is 67.4 Å². The zero-order chi connectivity index (χ0) is 14.8. The molecule has 1 aromatic rings. The second-order valence-corrected chi connectivity index (χ2v) is 6.24. The van der Waals surface area contributed by atoms with Crippen LogP contribution in [0.1, 0.15) is 70.5 Å². The molecule has 0 bridgehead atoms. The summed E-state index contributed by atoms with van der Waals surface area (Å²) in [4.78, 5) is 0. The maximum absolute atomic E-state index is 9.72. The molecule has 0 aliphatic carbocycles. The summed E-state index contributed by atoms with van der Waals surface area (Å²) < 4.78 is 6.80. The van der Waals surface area contributed by atoms with Crippen LogP contribution in [0.2, 0.25) is 0 Å². The van der Waals surface area contributed by atoms with Crippen LogP contribution in [-0.4, -0.2) is 11.7 Å². The van der Waals surface area contributed by atoms with E-state index in [1.807, 2.05) is 18.2 Å². The molecule has 0 aliphatic rings. The molecule has 0 aromatic heterocycles. The van der Waals surface area contributed by atoms with Gasteiger partial charge >= 0.3 is 0 Å². The summed E-state index contributed by atoms with van der Waals surface area (Å²) in [6.45, 7) is 4.74. The van der Waals surface area contributed by atoms with Gasteiger partial charge in [-0.25, -0.2) is 0 Å². The molecule has 0 spiro atoms. The zero-order valence-electron chi connectivity index (χ0n) is 12.7. The van der Waals surface area contributed by atoms with Gasteiger partial charge in [0.1, 0.15) is 5.75 Å². The Morgan fingerprint density at radius 3 is 2.40 bits per heavy atom. The molecule has 2 nitrogen and oxygen atoms in total. The normalized spacial score (nSPS) is 12.4. The zero-order valence-corrected chi connectivity index (χ0v) is 14.3. The number of unbranched alkanes of at least 4 members (excludes halogenated alkanes) is 6. The van der Waals surface area contributed by atoms with Crippen LogP contribution in [0.15, 0.2) is 22.7 Å². The highest BCUT2D eigenvalue weighted by Crippen LogP contribution is 2.28. The Bertz CT molecular complexity index is 377. The molecule has 0 unspecified atom stereocenters. The Labute approximate surface area is 131 Å². The molecular weight excluding hydrogens is 316 g/mol. The summed E-state index contributed by atoms with van der Waals surface area (Å²) in [7, 11) is 0. The minimum Gasteiger partial charge on any atom is -0.493 e.